The van der Waals surface area contributed by atoms with E-state index in [1.165, 1.54) is 33.0 Å². The van der Waals surface area contributed by atoms with Gasteiger partial charge >= 0.3 is 0 Å². The van der Waals surface area contributed by atoms with E-state index < -0.39 is 0 Å². The van der Waals surface area contributed by atoms with E-state index in [1.807, 2.05) is 12.1 Å². The molecule has 0 saturated carbocycles. The van der Waals surface area contributed by atoms with Gasteiger partial charge in [0.25, 0.3) is 0 Å². The van der Waals surface area contributed by atoms with E-state index in [1.54, 1.807) is 7.11 Å². The average molecular weight is 469 g/mol. The van der Waals surface area contributed by atoms with Crippen LogP contribution in [0.3, 0.4) is 0 Å². The Balaban J connectivity index is 1.59. The topological polar surface area (TPSA) is 9.23 Å². The van der Waals surface area contributed by atoms with E-state index >= 15 is 0 Å². The van der Waals surface area contributed by atoms with Crippen LogP contribution in [0.2, 0.25) is 0 Å². The Kier molecular flexibility index (Phi) is 5.52. The van der Waals surface area contributed by atoms with Gasteiger partial charge in [0.1, 0.15) is 5.75 Å². The maximum atomic E-state index is 5.89. The van der Waals surface area contributed by atoms with Gasteiger partial charge in [0.15, 0.2) is 0 Å². The third-order valence-corrected chi connectivity index (χ3v) is 7.04. The lowest BCUT2D eigenvalue weighted by Gasteiger charge is -2.17. The van der Waals surface area contributed by atoms with Crippen molar-refractivity contribution in [2.24, 2.45) is 0 Å². The van der Waals surface area contributed by atoms with E-state index in [9.17, 15) is 0 Å². The van der Waals surface area contributed by atoms with Crippen molar-refractivity contribution < 1.29 is 4.74 Å². The quantitative estimate of drug-likeness (QED) is 0.254. The minimum absolute atomic E-state index is 0.847. The number of thiol groups is 1. The molecule has 1 nitrogen and oxygen atoms in total. The summed E-state index contributed by atoms with van der Waals surface area (Å²) in [6.45, 7) is 0. The monoisotopic (exact) mass is 468 g/mol. The molecule has 0 radical (unpaired) electrons. The van der Waals surface area contributed by atoms with Gasteiger partial charge in [-0.3, -0.25) is 0 Å². The van der Waals surface area contributed by atoms with Crippen LogP contribution in [-0.4, -0.2) is 7.11 Å². The summed E-state index contributed by atoms with van der Waals surface area (Å²) in [5.74, 6) is 0.847. The maximum Gasteiger partial charge on any atom is 0.127 e. The van der Waals surface area contributed by atoms with Crippen LogP contribution >= 0.6 is 12.6 Å². The van der Waals surface area contributed by atoms with Gasteiger partial charge in [0.2, 0.25) is 0 Å². The number of ether oxygens (including phenoxy) is 1. The van der Waals surface area contributed by atoms with E-state index in [0.29, 0.717) is 0 Å². The molecule has 0 fully saturated rings. The van der Waals surface area contributed by atoms with Crippen molar-refractivity contribution in [1.82, 2.24) is 0 Å². The summed E-state index contributed by atoms with van der Waals surface area (Å²) in [6, 6.07) is 42.7. The van der Waals surface area contributed by atoms with E-state index in [0.717, 1.165) is 32.5 Å². The molecule has 6 aromatic carbocycles. The lowest BCUT2D eigenvalue weighted by atomic mass is 9.90. The van der Waals surface area contributed by atoms with Crippen molar-refractivity contribution in [3.05, 3.63) is 121 Å². The Labute approximate surface area is 211 Å². The molecule has 168 valence electrons. The Morgan fingerprint density at radius 3 is 1.54 bits per heavy atom. The second-order valence-electron chi connectivity index (χ2n) is 8.71. The van der Waals surface area contributed by atoms with Crippen LogP contribution in [0.15, 0.2) is 126 Å². The molecule has 0 aliphatic rings. The molecule has 0 aliphatic carbocycles. The van der Waals surface area contributed by atoms with Gasteiger partial charge in [0, 0.05) is 16.0 Å². The molecular formula is C33H24OS. The van der Waals surface area contributed by atoms with E-state index in [-0.39, 0.29) is 0 Å². The summed E-state index contributed by atoms with van der Waals surface area (Å²) in [5, 5.41) is 4.67. The number of benzene rings is 6. The van der Waals surface area contributed by atoms with Crippen molar-refractivity contribution >= 4 is 34.2 Å². The molecule has 0 atom stereocenters. The third-order valence-electron chi connectivity index (χ3n) is 6.66. The highest BCUT2D eigenvalue weighted by Gasteiger charge is 2.17. The Morgan fingerprint density at radius 2 is 1.00 bits per heavy atom. The van der Waals surface area contributed by atoms with Crippen LogP contribution in [0.5, 0.6) is 5.75 Å². The van der Waals surface area contributed by atoms with Gasteiger partial charge < -0.3 is 4.74 Å². The van der Waals surface area contributed by atoms with Gasteiger partial charge in [-0.2, -0.15) is 0 Å². The highest BCUT2D eigenvalue weighted by atomic mass is 32.1. The number of methoxy groups -OCH3 is 1. The standard InChI is InChI=1S/C33H24OS/c1-34-30-18-14-26-20-24(22-8-4-2-5-9-22)12-16-28(26)32(30)33-29-17-13-25(23-10-6-3-7-11-23)21-27(29)15-19-31(33)35/h2-21,35H,1H3. The smallest absolute Gasteiger partial charge is 0.127 e. The fourth-order valence-corrected chi connectivity index (χ4v) is 5.25. The van der Waals surface area contributed by atoms with Gasteiger partial charge in [-0.05, 0) is 68.1 Å². The molecule has 6 aromatic rings. The fourth-order valence-electron chi connectivity index (χ4n) is 4.94. The predicted molar refractivity (Wildman–Crippen MR) is 152 cm³/mol. The molecule has 2 heteroatoms. The number of fused-ring (bicyclic) bond motifs is 2. The average Bonchev–Trinajstić information content (AvgIpc) is 2.93. The molecule has 0 heterocycles. The molecule has 35 heavy (non-hydrogen) atoms. The fraction of sp³-hybridized carbons (Fsp3) is 0.0303. The highest BCUT2D eigenvalue weighted by molar-refractivity contribution is 7.80. The number of rotatable bonds is 4. The van der Waals surface area contributed by atoms with Crippen LogP contribution in [-0.2, 0) is 0 Å². The summed E-state index contributed by atoms with van der Waals surface area (Å²) >= 11 is 4.91. The van der Waals surface area contributed by atoms with E-state index in [2.05, 4.69) is 109 Å². The molecular weight excluding hydrogens is 444 g/mol. The van der Waals surface area contributed by atoms with Crippen LogP contribution in [0.25, 0.3) is 54.9 Å². The first kappa shape index (κ1) is 21.5. The number of hydrogen-bond acceptors (Lipinski definition) is 2. The first-order chi connectivity index (χ1) is 17.2. The van der Waals surface area contributed by atoms with Crippen molar-refractivity contribution in [2.75, 3.05) is 7.11 Å². The molecule has 0 saturated heterocycles. The summed E-state index contributed by atoms with van der Waals surface area (Å²) in [4.78, 5) is 0.933. The summed E-state index contributed by atoms with van der Waals surface area (Å²) < 4.78 is 5.89. The van der Waals surface area contributed by atoms with Crippen LogP contribution in [0, 0.1) is 0 Å². The van der Waals surface area contributed by atoms with Crippen molar-refractivity contribution in [2.45, 2.75) is 4.90 Å². The Morgan fingerprint density at radius 1 is 0.486 bits per heavy atom. The molecule has 0 N–H and O–H groups in total. The molecule has 0 aliphatic heterocycles. The lowest BCUT2D eigenvalue weighted by Crippen LogP contribution is -1.93. The molecule has 0 unspecified atom stereocenters. The van der Waals surface area contributed by atoms with Gasteiger partial charge in [0.05, 0.1) is 7.11 Å². The van der Waals surface area contributed by atoms with E-state index in [4.69, 9.17) is 17.4 Å². The lowest BCUT2D eigenvalue weighted by molar-refractivity contribution is 0.417. The molecule has 6 rings (SSSR count). The largest absolute Gasteiger partial charge is 0.496 e. The van der Waals surface area contributed by atoms with Gasteiger partial charge in [-0.15, -0.1) is 12.6 Å². The van der Waals surface area contributed by atoms with Crippen LogP contribution in [0.4, 0.5) is 0 Å². The Bertz CT molecular complexity index is 1670. The zero-order chi connectivity index (χ0) is 23.8. The first-order valence-corrected chi connectivity index (χ1v) is 12.2. The van der Waals surface area contributed by atoms with Gasteiger partial charge in [-0.1, -0.05) is 97.1 Å². The number of hydrogen-bond donors (Lipinski definition) is 1. The predicted octanol–water partition coefficient (Wildman–Crippen LogP) is 9.29. The van der Waals surface area contributed by atoms with Crippen LogP contribution < -0.4 is 4.74 Å². The normalized spacial score (nSPS) is 11.1. The van der Waals surface area contributed by atoms with Crippen molar-refractivity contribution in [3.8, 4) is 39.1 Å². The maximum absolute atomic E-state index is 5.89. The van der Waals surface area contributed by atoms with Crippen molar-refractivity contribution in [1.29, 1.82) is 0 Å². The third kappa shape index (κ3) is 3.86. The molecule has 0 bridgehead atoms. The summed E-state index contributed by atoms with van der Waals surface area (Å²) in [7, 11) is 1.74. The molecule has 0 amide bonds. The zero-order valence-corrected chi connectivity index (χ0v) is 20.3. The minimum atomic E-state index is 0.847. The molecule has 0 aromatic heterocycles. The zero-order valence-electron chi connectivity index (χ0n) is 19.4. The molecule has 0 spiro atoms. The van der Waals surface area contributed by atoms with Gasteiger partial charge in [-0.25, -0.2) is 0 Å². The Hall–Kier alpha value is -4.01. The minimum Gasteiger partial charge on any atom is -0.496 e. The first-order valence-electron chi connectivity index (χ1n) is 11.7. The second kappa shape index (κ2) is 8.98. The van der Waals surface area contributed by atoms with Crippen molar-refractivity contribution in [3.63, 3.8) is 0 Å². The SMILES string of the molecule is COc1ccc2cc(-c3ccccc3)ccc2c1-c1c(S)ccc2cc(-c3ccccc3)ccc12. The summed E-state index contributed by atoms with van der Waals surface area (Å²) in [5.41, 5.74) is 6.99. The van der Waals surface area contributed by atoms with Crippen LogP contribution in [0.1, 0.15) is 0 Å². The summed E-state index contributed by atoms with van der Waals surface area (Å²) in [6.07, 6.45) is 0. The second-order valence-corrected chi connectivity index (χ2v) is 9.19. The highest BCUT2D eigenvalue weighted by Crippen LogP contribution is 2.44.